The van der Waals surface area contributed by atoms with E-state index in [0.29, 0.717) is 32.5 Å². The van der Waals surface area contributed by atoms with Crippen molar-refractivity contribution in [1.82, 2.24) is 10.6 Å². The smallest absolute Gasteiger partial charge is 0.305 e. The molecule has 6 heteroatoms. The fraction of sp³-hybridized carbons (Fsp3) is 0.467. The van der Waals surface area contributed by atoms with Gasteiger partial charge < -0.3 is 15.4 Å². The van der Waals surface area contributed by atoms with Crippen LogP contribution in [0, 0.1) is 5.82 Å². The Balaban J connectivity index is 2.06. The number of carbonyl (C=O) groups is 2. The van der Waals surface area contributed by atoms with E-state index in [1.54, 1.807) is 19.1 Å². The monoisotopic (exact) mass is 296 g/mol. The third-order valence-electron chi connectivity index (χ3n) is 2.73. The number of hydrogen-bond donors (Lipinski definition) is 2. The maximum atomic E-state index is 12.7. The molecule has 0 saturated carbocycles. The second-order valence-electron chi connectivity index (χ2n) is 4.49. The molecule has 0 aliphatic rings. The molecule has 1 amide bonds. The van der Waals surface area contributed by atoms with Crippen LogP contribution >= 0.6 is 0 Å². The number of esters is 1. The molecular formula is C15H21FN2O3. The first-order valence-corrected chi connectivity index (χ1v) is 6.99. The summed E-state index contributed by atoms with van der Waals surface area (Å²) in [4.78, 5) is 22.6. The largest absolute Gasteiger partial charge is 0.466 e. The lowest BCUT2D eigenvalue weighted by Crippen LogP contribution is -2.34. The van der Waals surface area contributed by atoms with Crippen molar-refractivity contribution in [3.05, 3.63) is 35.6 Å². The van der Waals surface area contributed by atoms with Crippen LogP contribution in [0.1, 0.15) is 25.3 Å². The molecule has 0 fully saturated rings. The summed E-state index contributed by atoms with van der Waals surface area (Å²) in [5.74, 6) is -0.663. The molecule has 0 atom stereocenters. The van der Waals surface area contributed by atoms with Crippen LogP contribution in [0.2, 0.25) is 0 Å². The Morgan fingerprint density at radius 1 is 1.24 bits per heavy atom. The molecule has 0 spiro atoms. The van der Waals surface area contributed by atoms with Gasteiger partial charge in [0.05, 0.1) is 13.2 Å². The van der Waals surface area contributed by atoms with Crippen LogP contribution < -0.4 is 10.6 Å². The van der Waals surface area contributed by atoms with E-state index in [1.807, 2.05) is 0 Å². The molecule has 0 bridgehead atoms. The second-order valence-corrected chi connectivity index (χ2v) is 4.49. The van der Waals surface area contributed by atoms with Gasteiger partial charge in [-0.05, 0) is 37.6 Å². The maximum Gasteiger partial charge on any atom is 0.305 e. The molecule has 0 aromatic heterocycles. The zero-order valence-corrected chi connectivity index (χ0v) is 12.2. The van der Waals surface area contributed by atoms with Crippen molar-refractivity contribution in [2.24, 2.45) is 0 Å². The number of benzene rings is 1. The van der Waals surface area contributed by atoms with Crippen molar-refractivity contribution < 1.29 is 18.7 Å². The van der Waals surface area contributed by atoms with Crippen LogP contribution in [0.25, 0.3) is 0 Å². The number of rotatable bonds is 9. The van der Waals surface area contributed by atoms with Gasteiger partial charge in [-0.1, -0.05) is 12.1 Å². The van der Waals surface area contributed by atoms with E-state index in [9.17, 15) is 14.0 Å². The molecule has 1 aromatic carbocycles. The summed E-state index contributed by atoms with van der Waals surface area (Å²) in [5.41, 5.74) is 0.840. The summed E-state index contributed by atoms with van der Waals surface area (Å²) < 4.78 is 17.5. The molecule has 0 aliphatic heterocycles. The van der Waals surface area contributed by atoms with Gasteiger partial charge >= 0.3 is 5.97 Å². The van der Waals surface area contributed by atoms with Gasteiger partial charge in [-0.3, -0.25) is 9.59 Å². The van der Waals surface area contributed by atoms with E-state index in [1.165, 1.54) is 12.1 Å². The minimum absolute atomic E-state index is 0.143. The molecule has 2 N–H and O–H groups in total. The predicted molar refractivity (Wildman–Crippen MR) is 77.0 cm³/mol. The molecule has 0 aliphatic carbocycles. The van der Waals surface area contributed by atoms with Gasteiger partial charge in [0.25, 0.3) is 0 Å². The lowest BCUT2D eigenvalue weighted by atomic mass is 10.2. The Hall–Kier alpha value is -1.95. The number of halogens is 1. The Bertz CT molecular complexity index is 449. The number of nitrogens with one attached hydrogen (secondary N) is 2. The summed E-state index contributed by atoms with van der Waals surface area (Å²) in [6.45, 7) is 3.27. The zero-order chi connectivity index (χ0) is 15.5. The average molecular weight is 296 g/mol. The fourth-order valence-electron chi connectivity index (χ4n) is 1.66. The van der Waals surface area contributed by atoms with Crippen LogP contribution in [-0.4, -0.2) is 31.6 Å². The van der Waals surface area contributed by atoms with Gasteiger partial charge in [-0.15, -0.1) is 0 Å². The number of hydrogen-bond acceptors (Lipinski definition) is 4. The third kappa shape index (κ3) is 8.04. The molecule has 0 radical (unpaired) electrons. The highest BCUT2D eigenvalue weighted by molar-refractivity contribution is 5.77. The van der Waals surface area contributed by atoms with Gasteiger partial charge in [0.1, 0.15) is 5.82 Å². The van der Waals surface area contributed by atoms with Gasteiger partial charge in [0.15, 0.2) is 0 Å². The van der Waals surface area contributed by atoms with Crippen LogP contribution in [0.5, 0.6) is 0 Å². The van der Waals surface area contributed by atoms with Crippen molar-refractivity contribution in [3.8, 4) is 0 Å². The van der Waals surface area contributed by atoms with Gasteiger partial charge in [0.2, 0.25) is 5.91 Å². The van der Waals surface area contributed by atoms with Crippen molar-refractivity contribution in [2.45, 2.75) is 26.3 Å². The Morgan fingerprint density at radius 3 is 2.62 bits per heavy atom. The molecule has 116 valence electrons. The standard InChI is InChI=1S/C15H21FN2O3/c1-2-21-15(20)4-3-9-17-11-14(19)18-10-12-5-7-13(16)8-6-12/h5-8,17H,2-4,9-11H2,1H3,(H,18,19). The second kappa shape index (κ2) is 9.88. The fourth-order valence-corrected chi connectivity index (χ4v) is 1.66. The van der Waals surface area contributed by atoms with Crippen molar-refractivity contribution >= 4 is 11.9 Å². The summed E-state index contributed by atoms with van der Waals surface area (Å²) in [6, 6.07) is 5.97. The molecule has 5 nitrogen and oxygen atoms in total. The van der Waals surface area contributed by atoms with Crippen LogP contribution in [-0.2, 0) is 20.9 Å². The Kier molecular flexibility index (Phi) is 8.04. The van der Waals surface area contributed by atoms with E-state index in [4.69, 9.17) is 4.74 Å². The minimum atomic E-state index is -0.298. The number of carbonyl (C=O) groups excluding carboxylic acids is 2. The Morgan fingerprint density at radius 2 is 1.95 bits per heavy atom. The molecule has 21 heavy (non-hydrogen) atoms. The average Bonchev–Trinajstić information content (AvgIpc) is 2.46. The lowest BCUT2D eigenvalue weighted by Gasteiger charge is -2.07. The quantitative estimate of drug-likeness (QED) is 0.533. The van der Waals surface area contributed by atoms with Crippen LogP contribution in [0.3, 0.4) is 0 Å². The van der Waals surface area contributed by atoms with Crippen molar-refractivity contribution in [2.75, 3.05) is 19.7 Å². The summed E-state index contributed by atoms with van der Waals surface area (Å²) in [5, 5.41) is 5.67. The highest BCUT2D eigenvalue weighted by Crippen LogP contribution is 2.01. The van der Waals surface area contributed by atoms with Crippen LogP contribution in [0.15, 0.2) is 24.3 Å². The summed E-state index contributed by atoms with van der Waals surface area (Å²) in [7, 11) is 0. The predicted octanol–water partition coefficient (Wildman–Crippen LogP) is 1.37. The van der Waals surface area contributed by atoms with Crippen molar-refractivity contribution in [1.29, 1.82) is 0 Å². The molecular weight excluding hydrogens is 275 g/mol. The first kappa shape index (κ1) is 17.1. The summed E-state index contributed by atoms with van der Waals surface area (Å²) >= 11 is 0. The topological polar surface area (TPSA) is 67.4 Å². The van der Waals surface area contributed by atoms with E-state index < -0.39 is 0 Å². The summed E-state index contributed by atoms with van der Waals surface area (Å²) in [6.07, 6.45) is 0.974. The van der Waals surface area contributed by atoms with E-state index >= 15 is 0 Å². The number of amides is 1. The zero-order valence-electron chi connectivity index (χ0n) is 12.2. The number of ether oxygens (including phenoxy) is 1. The van der Waals surface area contributed by atoms with E-state index in [0.717, 1.165) is 5.56 Å². The van der Waals surface area contributed by atoms with Gasteiger partial charge in [0, 0.05) is 13.0 Å². The van der Waals surface area contributed by atoms with Crippen molar-refractivity contribution in [3.63, 3.8) is 0 Å². The van der Waals surface area contributed by atoms with Gasteiger partial charge in [-0.2, -0.15) is 0 Å². The molecule has 0 heterocycles. The molecule has 0 saturated heterocycles. The first-order valence-electron chi connectivity index (χ1n) is 6.99. The molecule has 0 unspecified atom stereocenters. The van der Waals surface area contributed by atoms with E-state index in [-0.39, 0.29) is 24.2 Å². The third-order valence-corrected chi connectivity index (χ3v) is 2.73. The first-order chi connectivity index (χ1) is 10.1. The minimum Gasteiger partial charge on any atom is -0.466 e. The molecule has 1 aromatic rings. The highest BCUT2D eigenvalue weighted by Gasteiger charge is 2.03. The lowest BCUT2D eigenvalue weighted by molar-refractivity contribution is -0.143. The normalized spacial score (nSPS) is 10.2. The van der Waals surface area contributed by atoms with Crippen LogP contribution in [0.4, 0.5) is 4.39 Å². The Labute approximate surface area is 123 Å². The highest BCUT2D eigenvalue weighted by atomic mass is 19.1. The van der Waals surface area contributed by atoms with Gasteiger partial charge in [-0.25, -0.2) is 4.39 Å². The van der Waals surface area contributed by atoms with E-state index in [2.05, 4.69) is 10.6 Å². The SMILES string of the molecule is CCOC(=O)CCCNCC(=O)NCc1ccc(F)cc1. The molecule has 1 rings (SSSR count). The maximum absolute atomic E-state index is 12.7.